The molecule has 0 saturated heterocycles. The van der Waals surface area contributed by atoms with Gasteiger partial charge in [-0.2, -0.15) is 5.10 Å². The minimum absolute atomic E-state index is 0.105. The summed E-state index contributed by atoms with van der Waals surface area (Å²) in [5.41, 5.74) is 3.07. The molecule has 0 saturated carbocycles. The zero-order chi connectivity index (χ0) is 12.1. The van der Waals surface area contributed by atoms with E-state index >= 15 is 0 Å². The lowest BCUT2D eigenvalue weighted by atomic mass is 10.2. The second-order valence-electron chi connectivity index (χ2n) is 3.53. The minimum Gasteiger partial charge on any atom is -0.273 e. The molecular formula is C11H12Cl2N2O. The third-order valence-electron chi connectivity index (χ3n) is 1.88. The van der Waals surface area contributed by atoms with Crippen LogP contribution in [0.3, 0.4) is 0 Å². The van der Waals surface area contributed by atoms with E-state index in [2.05, 4.69) is 10.5 Å². The lowest BCUT2D eigenvalue weighted by Crippen LogP contribution is -2.22. The molecule has 0 radical (unpaired) electrons. The lowest BCUT2D eigenvalue weighted by Gasteiger charge is -2.02. The smallest absolute Gasteiger partial charge is 0.242 e. The maximum atomic E-state index is 11.2. The largest absolute Gasteiger partial charge is 0.273 e. The van der Waals surface area contributed by atoms with Gasteiger partial charge in [-0.05, 0) is 6.07 Å². The van der Waals surface area contributed by atoms with Crippen molar-refractivity contribution in [3.63, 3.8) is 0 Å². The van der Waals surface area contributed by atoms with Crippen LogP contribution in [0.15, 0.2) is 23.3 Å². The topological polar surface area (TPSA) is 41.5 Å². The Kier molecular flexibility index (Phi) is 4.77. The first kappa shape index (κ1) is 13.0. The molecule has 0 aliphatic rings. The van der Waals surface area contributed by atoms with Crippen LogP contribution in [-0.4, -0.2) is 12.1 Å². The van der Waals surface area contributed by atoms with Gasteiger partial charge in [0.1, 0.15) is 0 Å². The first-order valence-corrected chi connectivity index (χ1v) is 5.55. The summed E-state index contributed by atoms with van der Waals surface area (Å²) < 4.78 is 0. The number of amides is 1. The van der Waals surface area contributed by atoms with E-state index in [-0.39, 0.29) is 11.8 Å². The van der Waals surface area contributed by atoms with E-state index in [0.29, 0.717) is 15.6 Å². The maximum Gasteiger partial charge on any atom is 0.242 e. The third-order valence-corrected chi connectivity index (χ3v) is 2.72. The van der Waals surface area contributed by atoms with Crippen molar-refractivity contribution in [3.05, 3.63) is 33.8 Å². The fourth-order valence-corrected chi connectivity index (χ4v) is 1.27. The Labute approximate surface area is 104 Å². The van der Waals surface area contributed by atoms with Crippen molar-refractivity contribution in [1.29, 1.82) is 0 Å². The third kappa shape index (κ3) is 3.51. The number of carbonyl (C=O) groups excluding carboxylic acids is 1. The van der Waals surface area contributed by atoms with Gasteiger partial charge in [-0.15, -0.1) is 0 Å². The molecule has 1 aromatic rings. The van der Waals surface area contributed by atoms with Gasteiger partial charge in [-0.1, -0.05) is 49.2 Å². The summed E-state index contributed by atoms with van der Waals surface area (Å²) in [7, 11) is 0. The van der Waals surface area contributed by atoms with Crippen LogP contribution in [0.2, 0.25) is 10.0 Å². The van der Waals surface area contributed by atoms with E-state index in [4.69, 9.17) is 23.2 Å². The molecule has 0 atom stereocenters. The van der Waals surface area contributed by atoms with Gasteiger partial charge in [0.2, 0.25) is 5.91 Å². The number of nitrogens with zero attached hydrogens (tertiary/aromatic N) is 1. The SMILES string of the molecule is CC(C)C(=O)N/N=C\c1cccc(Cl)c1Cl. The molecule has 16 heavy (non-hydrogen) atoms. The van der Waals surface area contributed by atoms with E-state index in [0.717, 1.165) is 0 Å². The first-order valence-electron chi connectivity index (χ1n) is 4.79. The van der Waals surface area contributed by atoms with Crippen LogP contribution in [0.4, 0.5) is 0 Å². The van der Waals surface area contributed by atoms with Crippen molar-refractivity contribution < 1.29 is 4.79 Å². The second-order valence-corrected chi connectivity index (χ2v) is 4.32. The summed E-state index contributed by atoms with van der Waals surface area (Å²) in [6.45, 7) is 3.58. The minimum atomic E-state index is -0.144. The lowest BCUT2D eigenvalue weighted by molar-refractivity contribution is -0.123. The first-order chi connectivity index (χ1) is 7.52. The van der Waals surface area contributed by atoms with Gasteiger partial charge >= 0.3 is 0 Å². The molecule has 86 valence electrons. The predicted octanol–water partition coefficient (Wildman–Crippen LogP) is 3.10. The highest BCUT2D eigenvalue weighted by Gasteiger charge is 2.04. The molecular weight excluding hydrogens is 247 g/mol. The van der Waals surface area contributed by atoms with Gasteiger partial charge in [0.15, 0.2) is 0 Å². The Balaban J connectivity index is 2.70. The summed E-state index contributed by atoms with van der Waals surface area (Å²) in [4.78, 5) is 11.2. The second kappa shape index (κ2) is 5.87. The standard InChI is InChI=1S/C11H12Cl2N2O/c1-7(2)11(16)15-14-6-8-4-3-5-9(12)10(8)13/h3-7H,1-2H3,(H,15,16)/b14-6-. The summed E-state index contributed by atoms with van der Waals surface area (Å²) in [5.74, 6) is -0.249. The van der Waals surface area contributed by atoms with Crippen LogP contribution >= 0.6 is 23.2 Å². The number of rotatable bonds is 3. The molecule has 0 bridgehead atoms. The normalized spacial score (nSPS) is 11.1. The van der Waals surface area contributed by atoms with Crippen molar-refractivity contribution in [1.82, 2.24) is 5.43 Å². The van der Waals surface area contributed by atoms with Crippen LogP contribution < -0.4 is 5.43 Å². The monoisotopic (exact) mass is 258 g/mol. The molecule has 5 heteroatoms. The van der Waals surface area contributed by atoms with E-state index in [1.165, 1.54) is 6.21 Å². The molecule has 0 aromatic heterocycles. The zero-order valence-corrected chi connectivity index (χ0v) is 10.5. The molecule has 0 heterocycles. The molecule has 0 aliphatic carbocycles. The fraction of sp³-hybridized carbons (Fsp3) is 0.273. The molecule has 1 aromatic carbocycles. The van der Waals surface area contributed by atoms with Crippen molar-refractivity contribution in [2.75, 3.05) is 0 Å². The molecule has 0 spiro atoms. The molecule has 3 nitrogen and oxygen atoms in total. The van der Waals surface area contributed by atoms with Crippen LogP contribution in [0, 0.1) is 5.92 Å². The maximum absolute atomic E-state index is 11.2. The predicted molar refractivity (Wildman–Crippen MR) is 67.0 cm³/mol. The van der Waals surface area contributed by atoms with Crippen LogP contribution in [0.5, 0.6) is 0 Å². The van der Waals surface area contributed by atoms with Gasteiger partial charge in [-0.3, -0.25) is 4.79 Å². The number of hydrogen-bond donors (Lipinski definition) is 1. The van der Waals surface area contributed by atoms with Gasteiger partial charge in [-0.25, -0.2) is 5.43 Å². The summed E-state index contributed by atoms with van der Waals surface area (Å²) in [6.07, 6.45) is 1.47. The van der Waals surface area contributed by atoms with Gasteiger partial charge in [0.25, 0.3) is 0 Å². The van der Waals surface area contributed by atoms with E-state index in [1.807, 2.05) is 0 Å². The van der Waals surface area contributed by atoms with Crippen molar-refractivity contribution >= 4 is 35.3 Å². The number of halogens is 2. The Morgan fingerprint density at radius 3 is 2.75 bits per heavy atom. The average Bonchev–Trinajstić information content (AvgIpc) is 2.24. The molecule has 0 unspecified atom stereocenters. The zero-order valence-electron chi connectivity index (χ0n) is 9.00. The highest BCUT2D eigenvalue weighted by Crippen LogP contribution is 2.23. The average molecular weight is 259 g/mol. The Morgan fingerprint density at radius 2 is 2.12 bits per heavy atom. The highest BCUT2D eigenvalue weighted by molar-refractivity contribution is 6.43. The Morgan fingerprint density at radius 1 is 1.44 bits per heavy atom. The highest BCUT2D eigenvalue weighted by atomic mass is 35.5. The molecule has 1 rings (SSSR count). The van der Waals surface area contributed by atoms with E-state index in [9.17, 15) is 4.79 Å². The van der Waals surface area contributed by atoms with Crippen LogP contribution in [-0.2, 0) is 4.79 Å². The summed E-state index contributed by atoms with van der Waals surface area (Å²) >= 11 is 11.8. The number of carbonyl (C=O) groups is 1. The molecule has 1 N–H and O–H groups in total. The van der Waals surface area contributed by atoms with Crippen molar-refractivity contribution in [2.24, 2.45) is 11.0 Å². The van der Waals surface area contributed by atoms with E-state index < -0.39 is 0 Å². The van der Waals surface area contributed by atoms with Gasteiger partial charge in [0.05, 0.1) is 16.3 Å². The summed E-state index contributed by atoms with van der Waals surface area (Å²) in [5, 5.41) is 4.68. The van der Waals surface area contributed by atoms with Gasteiger partial charge in [0, 0.05) is 11.5 Å². The Bertz CT molecular complexity index is 416. The molecule has 0 fully saturated rings. The summed E-state index contributed by atoms with van der Waals surface area (Å²) in [6, 6.07) is 5.22. The molecule has 0 aliphatic heterocycles. The van der Waals surface area contributed by atoms with Crippen LogP contribution in [0.25, 0.3) is 0 Å². The van der Waals surface area contributed by atoms with E-state index in [1.54, 1.807) is 32.0 Å². The van der Waals surface area contributed by atoms with Crippen LogP contribution in [0.1, 0.15) is 19.4 Å². The molecule has 1 amide bonds. The Hall–Kier alpha value is -1.06. The quantitative estimate of drug-likeness (QED) is 0.657. The van der Waals surface area contributed by atoms with Crippen molar-refractivity contribution in [3.8, 4) is 0 Å². The number of hydrazone groups is 1. The van der Waals surface area contributed by atoms with Crippen molar-refractivity contribution in [2.45, 2.75) is 13.8 Å². The fourth-order valence-electron chi connectivity index (χ4n) is 0.915. The number of benzene rings is 1. The number of nitrogens with one attached hydrogen (secondary N) is 1. The number of hydrogen-bond acceptors (Lipinski definition) is 2. The van der Waals surface area contributed by atoms with Gasteiger partial charge < -0.3 is 0 Å².